The van der Waals surface area contributed by atoms with E-state index < -0.39 is 5.91 Å². The van der Waals surface area contributed by atoms with E-state index in [0.29, 0.717) is 22.2 Å². The molecule has 0 fully saturated rings. The number of aryl methyl sites for hydroxylation is 1. The number of carbonyl (C=O) groups excluding carboxylic acids is 2. The highest BCUT2D eigenvalue weighted by Crippen LogP contribution is 2.23. The maximum atomic E-state index is 13.8. The van der Waals surface area contributed by atoms with Crippen LogP contribution in [0.3, 0.4) is 0 Å². The van der Waals surface area contributed by atoms with Gasteiger partial charge in [0.2, 0.25) is 5.91 Å². The van der Waals surface area contributed by atoms with E-state index in [1.54, 1.807) is 30.3 Å². The summed E-state index contributed by atoms with van der Waals surface area (Å²) in [5.41, 5.74) is 8.13. The first-order valence-corrected chi connectivity index (χ1v) is 7.40. The highest BCUT2D eigenvalue weighted by atomic mass is 19.1. The van der Waals surface area contributed by atoms with Crippen LogP contribution in [0, 0.1) is 12.7 Å². The number of nitrogens with one attached hydrogen (secondary N) is 2. The van der Waals surface area contributed by atoms with E-state index >= 15 is 0 Å². The molecule has 4 N–H and O–H groups in total. The van der Waals surface area contributed by atoms with Gasteiger partial charge in [0.15, 0.2) is 0 Å². The van der Waals surface area contributed by atoms with E-state index in [-0.39, 0.29) is 23.8 Å². The van der Waals surface area contributed by atoms with Crippen molar-refractivity contribution in [2.75, 3.05) is 5.32 Å². The van der Waals surface area contributed by atoms with Crippen LogP contribution >= 0.6 is 0 Å². The number of fused-ring (bicyclic) bond motifs is 1. The molecule has 1 heterocycles. The number of hydrogen-bond donors (Lipinski definition) is 3. The Hall–Kier alpha value is -3.15. The number of benzene rings is 2. The standard InChI is InChI=1S/C18H16FN3O2/c1-10-5-6-14(19)13-9-15(22-17(10)13)18(24)21-12-4-2-3-11(7-12)8-16(20)23/h2-7,9,22H,8H2,1H3,(H2,20,23)(H,21,24). The second-order valence-electron chi connectivity index (χ2n) is 5.63. The fraction of sp³-hybridized carbons (Fsp3) is 0.111. The van der Waals surface area contributed by atoms with Crippen molar-refractivity contribution >= 4 is 28.4 Å². The summed E-state index contributed by atoms with van der Waals surface area (Å²) < 4.78 is 13.8. The summed E-state index contributed by atoms with van der Waals surface area (Å²) in [6.07, 6.45) is 0.0977. The van der Waals surface area contributed by atoms with E-state index in [9.17, 15) is 14.0 Å². The largest absolute Gasteiger partial charge is 0.369 e. The van der Waals surface area contributed by atoms with Crippen LogP contribution in [0.25, 0.3) is 10.9 Å². The minimum Gasteiger partial charge on any atom is -0.369 e. The molecule has 0 aliphatic carbocycles. The van der Waals surface area contributed by atoms with Crippen molar-refractivity contribution in [1.82, 2.24) is 4.98 Å². The Bertz CT molecular complexity index is 908. The van der Waals surface area contributed by atoms with Gasteiger partial charge in [0, 0.05) is 11.1 Å². The highest BCUT2D eigenvalue weighted by molar-refractivity contribution is 6.06. The molecule has 2 aromatic carbocycles. The summed E-state index contributed by atoms with van der Waals surface area (Å²) in [6.45, 7) is 1.84. The molecule has 5 nitrogen and oxygen atoms in total. The van der Waals surface area contributed by atoms with Gasteiger partial charge in [-0.15, -0.1) is 0 Å². The van der Waals surface area contributed by atoms with Gasteiger partial charge < -0.3 is 16.0 Å². The molecule has 0 spiro atoms. The molecule has 6 heteroatoms. The van der Waals surface area contributed by atoms with Crippen molar-refractivity contribution < 1.29 is 14.0 Å². The number of hydrogen-bond acceptors (Lipinski definition) is 2. The summed E-state index contributed by atoms with van der Waals surface area (Å²) in [7, 11) is 0. The van der Waals surface area contributed by atoms with Crippen LogP contribution in [0.2, 0.25) is 0 Å². The predicted octanol–water partition coefficient (Wildman–Crippen LogP) is 2.90. The number of anilines is 1. The van der Waals surface area contributed by atoms with Crippen LogP contribution in [-0.2, 0) is 11.2 Å². The SMILES string of the molecule is Cc1ccc(F)c2cc(C(=O)Nc3cccc(CC(N)=O)c3)[nH]c12. The summed E-state index contributed by atoms with van der Waals surface area (Å²) in [4.78, 5) is 26.3. The van der Waals surface area contributed by atoms with Crippen LogP contribution < -0.4 is 11.1 Å². The molecule has 24 heavy (non-hydrogen) atoms. The number of H-pyrrole nitrogens is 1. The van der Waals surface area contributed by atoms with Gasteiger partial charge in [-0.1, -0.05) is 18.2 Å². The number of aromatic amines is 1. The van der Waals surface area contributed by atoms with Gasteiger partial charge in [0.25, 0.3) is 5.91 Å². The van der Waals surface area contributed by atoms with Crippen molar-refractivity contribution in [2.24, 2.45) is 5.73 Å². The van der Waals surface area contributed by atoms with E-state index in [0.717, 1.165) is 5.56 Å². The Kier molecular flexibility index (Phi) is 4.04. The van der Waals surface area contributed by atoms with Crippen LogP contribution in [0.5, 0.6) is 0 Å². The van der Waals surface area contributed by atoms with E-state index in [1.165, 1.54) is 12.1 Å². The average molecular weight is 325 g/mol. The van der Waals surface area contributed by atoms with Gasteiger partial charge in [-0.25, -0.2) is 4.39 Å². The number of rotatable bonds is 4. The van der Waals surface area contributed by atoms with Gasteiger partial charge in [0.05, 0.1) is 11.9 Å². The normalized spacial score (nSPS) is 10.8. The molecule has 0 aliphatic heterocycles. The third kappa shape index (κ3) is 3.12. The first-order chi connectivity index (χ1) is 11.4. The van der Waals surface area contributed by atoms with Gasteiger partial charge >= 0.3 is 0 Å². The average Bonchev–Trinajstić information content (AvgIpc) is 2.97. The second-order valence-corrected chi connectivity index (χ2v) is 5.63. The maximum absolute atomic E-state index is 13.8. The monoisotopic (exact) mass is 325 g/mol. The molecule has 2 amide bonds. The Morgan fingerprint density at radius 1 is 1.21 bits per heavy atom. The van der Waals surface area contributed by atoms with Crippen LogP contribution in [0.4, 0.5) is 10.1 Å². The Morgan fingerprint density at radius 3 is 2.71 bits per heavy atom. The van der Waals surface area contributed by atoms with Crippen LogP contribution in [0.15, 0.2) is 42.5 Å². The summed E-state index contributed by atoms with van der Waals surface area (Å²) >= 11 is 0. The molecule has 122 valence electrons. The molecule has 0 radical (unpaired) electrons. The third-order valence-electron chi connectivity index (χ3n) is 3.76. The van der Waals surface area contributed by atoms with Crippen molar-refractivity contribution in [3.63, 3.8) is 0 Å². The lowest BCUT2D eigenvalue weighted by Gasteiger charge is -2.05. The molecule has 3 rings (SSSR count). The van der Waals surface area contributed by atoms with Crippen molar-refractivity contribution in [1.29, 1.82) is 0 Å². The molecule has 0 unspecified atom stereocenters. The number of halogens is 1. The summed E-state index contributed by atoms with van der Waals surface area (Å²) in [5, 5.41) is 3.10. The molecule has 0 bridgehead atoms. The molecular formula is C18H16FN3O2. The third-order valence-corrected chi connectivity index (χ3v) is 3.76. The summed E-state index contributed by atoms with van der Waals surface area (Å²) in [5.74, 6) is -1.21. The zero-order chi connectivity index (χ0) is 17.3. The number of amides is 2. The van der Waals surface area contributed by atoms with E-state index in [4.69, 9.17) is 5.73 Å². The van der Waals surface area contributed by atoms with Crippen molar-refractivity contribution in [2.45, 2.75) is 13.3 Å². The molecule has 0 atom stereocenters. The minimum atomic E-state index is -0.444. The Labute approximate surface area is 137 Å². The van der Waals surface area contributed by atoms with E-state index in [1.807, 2.05) is 6.92 Å². The molecule has 1 aromatic heterocycles. The zero-order valence-electron chi connectivity index (χ0n) is 13.0. The minimum absolute atomic E-state index is 0.0977. The van der Waals surface area contributed by atoms with Gasteiger partial charge in [-0.3, -0.25) is 9.59 Å². The molecule has 0 saturated carbocycles. The quantitative estimate of drug-likeness (QED) is 0.688. The smallest absolute Gasteiger partial charge is 0.272 e. The predicted molar refractivity (Wildman–Crippen MR) is 90.3 cm³/mol. The van der Waals surface area contributed by atoms with Crippen molar-refractivity contribution in [3.05, 3.63) is 65.1 Å². The number of primary amides is 1. The van der Waals surface area contributed by atoms with E-state index in [2.05, 4.69) is 10.3 Å². The number of nitrogens with two attached hydrogens (primary N) is 1. The Balaban J connectivity index is 1.86. The topological polar surface area (TPSA) is 88.0 Å². The molecule has 3 aromatic rings. The maximum Gasteiger partial charge on any atom is 0.272 e. The molecule has 0 saturated heterocycles. The molecule has 0 aliphatic rings. The fourth-order valence-corrected chi connectivity index (χ4v) is 2.61. The lowest BCUT2D eigenvalue weighted by molar-refractivity contribution is -0.117. The van der Waals surface area contributed by atoms with Gasteiger partial charge in [-0.05, 0) is 42.3 Å². The number of carbonyl (C=O) groups is 2. The highest BCUT2D eigenvalue weighted by Gasteiger charge is 2.13. The van der Waals surface area contributed by atoms with Crippen molar-refractivity contribution in [3.8, 4) is 0 Å². The lowest BCUT2D eigenvalue weighted by Crippen LogP contribution is -2.15. The molecular weight excluding hydrogens is 309 g/mol. The summed E-state index contributed by atoms with van der Waals surface area (Å²) in [6, 6.07) is 11.4. The second kappa shape index (κ2) is 6.16. The first-order valence-electron chi connectivity index (χ1n) is 7.40. The van der Waals surface area contributed by atoms with Gasteiger partial charge in [0.1, 0.15) is 11.5 Å². The lowest BCUT2D eigenvalue weighted by atomic mass is 10.1. The fourth-order valence-electron chi connectivity index (χ4n) is 2.61. The Morgan fingerprint density at radius 2 is 2.00 bits per heavy atom. The van der Waals surface area contributed by atoms with Crippen LogP contribution in [-0.4, -0.2) is 16.8 Å². The van der Waals surface area contributed by atoms with Gasteiger partial charge in [-0.2, -0.15) is 0 Å². The number of aromatic nitrogens is 1. The first kappa shape index (κ1) is 15.7. The zero-order valence-corrected chi connectivity index (χ0v) is 13.0. The van der Waals surface area contributed by atoms with Crippen LogP contribution in [0.1, 0.15) is 21.6 Å².